The molecule has 1 amide bonds. The molecule has 1 aliphatic rings. The van der Waals surface area contributed by atoms with E-state index < -0.39 is 0 Å². The monoisotopic (exact) mass is 578 g/mol. The summed E-state index contributed by atoms with van der Waals surface area (Å²) in [5.74, 6) is 0.791. The van der Waals surface area contributed by atoms with Gasteiger partial charge in [-0.25, -0.2) is 0 Å². The molecule has 34 heavy (non-hydrogen) atoms. The minimum atomic E-state index is -0.0395. The summed E-state index contributed by atoms with van der Waals surface area (Å²) in [5, 5.41) is 5.30. The topological polar surface area (TPSA) is 50.8 Å². The van der Waals surface area contributed by atoms with Gasteiger partial charge in [0.25, 0.3) is 0 Å². The minimum absolute atomic E-state index is 0.0348. The maximum atomic E-state index is 10.9. The van der Waals surface area contributed by atoms with Crippen LogP contribution in [0, 0.1) is 12.8 Å². The molecule has 0 saturated carbocycles. The molecule has 2 atom stereocenters. The number of rotatable bonds is 10. The molecule has 2 unspecified atom stereocenters. The fraction of sp³-hybridized carbons (Fsp3) is 0.654. The van der Waals surface area contributed by atoms with E-state index in [1.165, 1.54) is 23.6 Å². The van der Waals surface area contributed by atoms with Crippen molar-refractivity contribution < 1.29 is 14.4 Å². The van der Waals surface area contributed by atoms with Gasteiger partial charge in [-0.05, 0) is 72.0 Å². The lowest BCUT2D eigenvalue weighted by atomic mass is 10.1. The number of carbonyl (C=O) groups is 1. The van der Waals surface area contributed by atoms with Gasteiger partial charge in [0.05, 0.1) is 24.9 Å². The molecule has 0 aromatic heterocycles. The second kappa shape index (κ2) is 20.5. The normalized spacial score (nSPS) is 16.2. The predicted octanol–water partition coefficient (Wildman–Crippen LogP) is 7.75. The predicted molar refractivity (Wildman–Crippen MR) is 153 cm³/mol. The van der Waals surface area contributed by atoms with Gasteiger partial charge in [0.1, 0.15) is 0 Å². The highest BCUT2D eigenvalue weighted by Crippen LogP contribution is 2.25. The number of benzene rings is 1. The minimum Gasteiger partial charge on any atom is -0.381 e. The molecule has 2 rings (SSSR count). The van der Waals surface area contributed by atoms with Crippen LogP contribution in [-0.2, 0) is 14.4 Å². The number of aryl methyl sites for hydroxylation is 1. The first-order valence-electron chi connectivity index (χ1n) is 12.1. The summed E-state index contributed by atoms with van der Waals surface area (Å²) in [5.41, 5.74) is 1.95. The Labute approximate surface area is 225 Å². The molecule has 1 fully saturated rings. The molecule has 0 radical (unpaired) electrons. The Bertz CT molecular complexity index is 721. The van der Waals surface area contributed by atoms with Crippen molar-refractivity contribution in [1.82, 2.24) is 5.32 Å². The van der Waals surface area contributed by atoms with E-state index >= 15 is 0 Å². The first-order valence-corrected chi connectivity index (χ1v) is 14.5. The van der Waals surface area contributed by atoms with Crippen molar-refractivity contribution in [3.8, 4) is 0 Å². The molecule has 1 heterocycles. The van der Waals surface area contributed by atoms with Crippen LogP contribution in [0.2, 0.25) is 5.02 Å². The van der Waals surface area contributed by atoms with Crippen molar-refractivity contribution in [1.29, 1.82) is 0 Å². The zero-order valence-corrected chi connectivity index (χ0v) is 25.1. The number of amides is 1. The second-order valence-electron chi connectivity index (χ2n) is 8.22. The molecular formula is C26H44BrClN2O3S. The van der Waals surface area contributed by atoms with Crippen molar-refractivity contribution in [2.75, 3.05) is 37.7 Å². The highest BCUT2D eigenvalue weighted by atomic mass is 79.9. The first kappa shape index (κ1) is 33.3. The van der Waals surface area contributed by atoms with Crippen LogP contribution in [-0.4, -0.2) is 44.6 Å². The van der Waals surface area contributed by atoms with Crippen molar-refractivity contribution in [3.05, 3.63) is 38.7 Å². The van der Waals surface area contributed by atoms with Crippen LogP contribution in [0.1, 0.15) is 65.9 Å². The van der Waals surface area contributed by atoms with Gasteiger partial charge in [-0.15, -0.1) is 11.8 Å². The Kier molecular flexibility index (Phi) is 20.0. The summed E-state index contributed by atoms with van der Waals surface area (Å²) in [6.45, 7) is 15.2. The molecule has 1 aromatic carbocycles. The van der Waals surface area contributed by atoms with E-state index in [4.69, 9.17) is 21.2 Å². The van der Waals surface area contributed by atoms with E-state index in [-0.39, 0.29) is 11.9 Å². The van der Waals surface area contributed by atoms with Crippen LogP contribution in [0.4, 0.5) is 5.69 Å². The number of carbonyl (C=O) groups excluding carboxylic acids is 1. The van der Waals surface area contributed by atoms with Crippen molar-refractivity contribution in [2.45, 2.75) is 73.3 Å². The zero-order valence-electron chi connectivity index (χ0n) is 22.0. The molecular weight excluding hydrogens is 536 g/mol. The number of nitrogens with zero attached hydrogens (tertiary/aromatic N) is 1. The Hall–Kier alpha value is -0.730. The van der Waals surface area contributed by atoms with Crippen molar-refractivity contribution >= 4 is 50.9 Å². The van der Waals surface area contributed by atoms with E-state index in [1.807, 2.05) is 25.1 Å². The van der Waals surface area contributed by atoms with E-state index in [2.05, 4.69) is 61.3 Å². The third-order valence-electron chi connectivity index (χ3n) is 5.03. The van der Waals surface area contributed by atoms with Crippen LogP contribution < -0.4 is 10.4 Å². The molecule has 196 valence electrons. The number of hydrogen-bond acceptors (Lipinski definition) is 5. The molecule has 1 saturated heterocycles. The Morgan fingerprint density at radius 2 is 2.09 bits per heavy atom. The highest BCUT2D eigenvalue weighted by Gasteiger charge is 2.24. The van der Waals surface area contributed by atoms with E-state index in [0.29, 0.717) is 18.2 Å². The van der Waals surface area contributed by atoms with Gasteiger partial charge in [-0.2, -0.15) is 0 Å². The third kappa shape index (κ3) is 16.0. The maximum Gasteiger partial charge on any atom is 0.217 e. The Balaban J connectivity index is 0.000000546. The molecule has 1 aromatic rings. The second-order valence-corrected chi connectivity index (χ2v) is 10.9. The molecule has 8 heteroatoms. The van der Waals surface area contributed by atoms with Gasteiger partial charge in [-0.3, -0.25) is 14.7 Å². The average Bonchev–Trinajstić information content (AvgIpc) is 3.27. The highest BCUT2D eigenvalue weighted by molar-refractivity contribution is 9.14. The lowest BCUT2D eigenvalue weighted by Crippen LogP contribution is -2.37. The van der Waals surface area contributed by atoms with Crippen molar-refractivity contribution in [3.63, 3.8) is 0 Å². The van der Waals surface area contributed by atoms with E-state index in [9.17, 15) is 4.79 Å². The molecule has 0 spiro atoms. The standard InChI is InChI=1S/C12H15ClN2O2.C9H20O.C5H9BrS/c1-8-3-4-11(5-12(8)13)15-6-10(7-17-15)14-9(2)16;1-4-7-10-8-6-9(3)5-2;1-3-4-5(6)7-2/h3-5,10H,6-7H2,1-2H3,(H,14,16);9H,4-8H2,1-3H3;4H,3H2,1-2H3/b;;5-4-. The van der Waals surface area contributed by atoms with Gasteiger partial charge >= 0.3 is 0 Å². The quantitative estimate of drug-likeness (QED) is 0.287. The summed E-state index contributed by atoms with van der Waals surface area (Å²) in [4.78, 5) is 16.4. The number of hydrogen-bond donors (Lipinski definition) is 1. The van der Waals surface area contributed by atoms with E-state index in [1.54, 1.807) is 16.8 Å². The molecule has 5 nitrogen and oxygen atoms in total. The summed E-state index contributed by atoms with van der Waals surface area (Å²) >= 11 is 11.1. The average molecular weight is 580 g/mol. The number of hydroxylamine groups is 1. The van der Waals surface area contributed by atoms with Gasteiger partial charge in [0.2, 0.25) is 5.91 Å². The fourth-order valence-corrected chi connectivity index (χ4v) is 3.59. The molecule has 0 bridgehead atoms. The lowest BCUT2D eigenvalue weighted by molar-refractivity contribution is -0.119. The van der Waals surface area contributed by atoms with E-state index in [0.717, 1.165) is 43.2 Å². The summed E-state index contributed by atoms with van der Waals surface area (Å²) in [7, 11) is 0. The molecule has 1 aliphatic heterocycles. The smallest absolute Gasteiger partial charge is 0.217 e. The number of ether oxygens (including phenoxy) is 1. The summed E-state index contributed by atoms with van der Waals surface area (Å²) < 4.78 is 6.59. The Morgan fingerprint density at radius 1 is 1.38 bits per heavy atom. The van der Waals surface area contributed by atoms with Crippen LogP contribution in [0.15, 0.2) is 28.1 Å². The van der Waals surface area contributed by atoms with Gasteiger partial charge in [0, 0.05) is 29.0 Å². The summed E-state index contributed by atoms with van der Waals surface area (Å²) in [6, 6.07) is 5.81. The Morgan fingerprint density at radius 3 is 2.59 bits per heavy atom. The zero-order chi connectivity index (χ0) is 25.9. The lowest BCUT2D eigenvalue weighted by Gasteiger charge is -2.17. The van der Waals surface area contributed by atoms with Gasteiger partial charge in [-0.1, -0.05) is 57.9 Å². The molecule has 0 aliphatic carbocycles. The number of anilines is 1. The van der Waals surface area contributed by atoms with Gasteiger partial charge in [0.15, 0.2) is 0 Å². The number of allylic oxidation sites excluding steroid dienone is 1. The number of nitrogens with one attached hydrogen (secondary N) is 1. The fourth-order valence-electron chi connectivity index (χ4n) is 2.76. The largest absolute Gasteiger partial charge is 0.381 e. The van der Waals surface area contributed by atoms with Crippen LogP contribution in [0.5, 0.6) is 0 Å². The van der Waals surface area contributed by atoms with Gasteiger partial charge < -0.3 is 10.1 Å². The first-order chi connectivity index (χ1) is 16.2. The summed E-state index contributed by atoms with van der Waals surface area (Å²) in [6.07, 6.45) is 8.94. The van der Waals surface area contributed by atoms with Crippen LogP contribution in [0.3, 0.4) is 0 Å². The van der Waals surface area contributed by atoms with Crippen LogP contribution in [0.25, 0.3) is 0 Å². The molecule has 1 N–H and O–H groups in total. The van der Waals surface area contributed by atoms with Crippen molar-refractivity contribution in [2.24, 2.45) is 5.92 Å². The number of halogens is 2. The SMILES string of the molecule is CC(=O)NC1CON(c2ccc(C)c(Cl)c2)C1.CC/C=C(/Br)SC.CCCOCCC(C)CC. The van der Waals surface area contributed by atoms with Crippen LogP contribution >= 0.6 is 39.3 Å². The maximum absolute atomic E-state index is 10.9. The third-order valence-corrected chi connectivity index (χ3v) is 7.29. The number of thioether (sulfide) groups is 1.